The molecule has 0 aliphatic rings. The summed E-state index contributed by atoms with van der Waals surface area (Å²) in [4.78, 5) is 4.37. The molecule has 0 fully saturated rings. The van der Waals surface area contributed by atoms with E-state index in [-0.39, 0.29) is 0 Å². The number of nitrogens with two attached hydrogens (primary N) is 1. The molecule has 2 aromatic rings. The molecule has 5 heteroatoms. The van der Waals surface area contributed by atoms with Crippen LogP contribution in [0.4, 0.5) is 17.2 Å². The zero-order chi connectivity index (χ0) is 12.4. The number of pyridine rings is 1. The SMILES string of the molecule is Cc1nc(Nc2cc(Br)ccc2Br)ccc1N. The predicted octanol–water partition coefficient (Wildman–Crippen LogP) is 4.24. The summed E-state index contributed by atoms with van der Waals surface area (Å²) in [5.41, 5.74) is 8.20. The maximum Gasteiger partial charge on any atom is 0.130 e. The van der Waals surface area contributed by atoms with Gasteiger partial charge in [0.25, 0.3) is 0 Å². The fourth-order valence-corrected chi connectivity index (χ4v) is 2.08. The van der Waals surface area contributed by atoms with Gasteiger partial charge in [-0.05, 0) is 53.2 Å². The number of nitrogens with one attached hydrogen (secondary N) is 1. The minimum Gasteiger partial charge on any atom is -0.397 e. The largest absolute Gasteiger partial charge is 0.397 e. The number of benzene rings is 1. The Morgan fingerprint density at radius 3 is 2.65 bits per heavy atom. The number of hydrogen-bond donors (Lipinski definition) is 2. The van der Waals surface area contributed by atoms with E-state index in [2.05, 4.69) is 42.2 Å². The first-order valence-corrected chi connectivity index (χ1v) is 6.60. The summed E-state index contributed by atoms with van der Waals surface area (Å²) >= 11 is 6.92. The minimum absolute atomic E-state index is 0.698. The van der Waals surface area contributed by atoms with E-state index in [4.69, 9.17) is 5.73 Å². The molecule has 0 radical (unpaired) electrons. The van der Waals surface area contributed by atoms with Gasteiger partial charge in [0, 0.05) is 8.95 Å². The predicted molar refractivity (Wildman–Crippen MR) is 78.5 cm³/mol. The molecule has 3 nitrogen and oxygen atoms in total. The normalized spacial score (nSPS) is 10.3. The van der Waals surface area contributed by atoms with Gasteiger partial charge in [-0.3, -0.25) is 0 Å². The molecular weight excluding hydrogens is 346 g/mol. The van der Waals surface area contributed by atoms with Crippen LogP contribution >= 0.6 is 31.9 Å². The highest BCUT2D eigenvalue weighted by Crippen LogP contribution is 2.28. The Hall–Kier alpha value is -1.07. The van der Waals surface area contributed by atoms with Crippen molar-refractivity contribution in [1.82, 2.24) is 4.98 Å². The zero-order valence-electron chi connectivity index (χ0n) is 9.17. The van der Waals surface area contributed by atoms with Gasteiger partial charge in [0.1, 0.15) is 5.82 Å². The minimum atomic E-state index is 0.698. The molecule has 0 bridgehead atoms. The van der Waals surface area contributed by atoms with Crippen LogP contribution in [0.2, 0.25) is 0 Å². The summed E-state index contributed by atoms with van der Waals surface area (Å²) in [5.74, 6) is 0.774. The molecule has 2 rings (SSSR count). The van der Waals surface area contributed by atoms with E-state index in [0.29, 0.717) is 5.69 Å². The Bertz CT molecular complexity index is 555. The van der Waals surface area contributed by atoms with Gasteiger partial charge in [-0.1, -0.05) is 15.9 Å². The van der Waals surface area contributed by atoms with Crippen molar-refractivity contribution in [2.45, 2.75) is 6.92 Å². The highest BCUT2D eigenvalue weighted by Gasteiger charge is 2.03. The van der Waals surface area contributed by atoms with Crippen molar-refractivity contribution in [2.24, 2.45) is 0 Å². The Morgan fingerprint density at radius 2 is 1.94 bits per heavy atom. The molecule has 1 aromatic heterocycles. The van der Waals surface area contributed by atoms with E-state index in [1.54, 1.807) is 0 Å². The van der Waals surface area contributed by atoms with Crippen LogP contribution in [0.15, 0.2) is 39.3 Å². The van der Waals surface area contributed by atoms with Crippen molar-refractivity contribution in [3.8, 4) is 0 Å². The molecule has 3 N–H and O–H groups in total. The van der Waals surface area contributed by atoms with E-state index in [0.717, 1.165) is 26.1 Å². The third-order valence-electron chi connectivity index (χ3n) is 2.32. The molecule has 0 unspecified atom stereocenters. The second-order valence-corrected chi connectivity index (χ2v) is 5.39. The second-order valence-electron chi connectivity index (χ2n) is 3.62. The van der Waals surface area contributed by atoms with Crippen molar-refractivity contribution >= 4 is 49.1 Å². The lowest BCUT2D eigenvalue weighted by Gasteiger charge is -2.09. The van der Waals surface area contributed by atoms with E-state index in [9.17, 15) is 0 Å². The number of hydrogen-bond acceptors (Lipinski definition) is 3. The highest BCUT2D eigenvalue weighted by molar-refractivity contribution is 9.11. The quantitative estimate of drug-likeness (QED) is 0.846. The Morgan fingerprint density at radius 1 is 1.18 bits per heavy atom. The summed E-state index contributed by atoms with van der Waals surface area (Å²) in [6.45, 7) is 1.89. The fourth-order valence-electron chi connectivity index (χ4n) is 1.37. The Kier molecular flexibility index (Phi) is 3.69. The molecule has 1 heterocycles. The number of nitrogen functional groups attached to an aromatic ring is 1. The summed E-state index contributed by atoms with van der Waals surface area (Å²) in [6.07, 6.45) is 0. The molecular formula is C12H11Br2N3. The number of anilines is 3. The maximum absolute atomic E-state index is 5.73. The van der Waals surface area contributed by atoms with Gasteiger partial charge in [0.2, 0.25) is 0 Å². The van der Waals surface area contributed by atoms with Crippen LogP contribution in [0.1, 0.15) is 5.69 Å². The number of rotatable bonds is 2. The molecule has 0 spiro atoms. The third kappa shape index (κ3) is 2.98. The summed E-state index contributed by atoms with van der Waals surface area (Å²) in [6, 6.07) is 9.62. The molecule has 17 heavy (non-hydrogen) atoms. The Labute approximate surface area is 117 Å². The first kappa shape index (κ1) is 12.4. The molecule has 0 aliphatic heterocycles. The molecule has 0 saturated heterocycles. The van der Waals surface area contributed by atoms with E-state index >= 15 is 0 Å². The lowest BCUT2D eigenvalue weighted by atomic mass is 10.3. The van der Waals surface area contributed by atoms with Crippen molar-refractivity contribution in [3.05, 3.63) is 45.0 Å². The summed E-state index contributed by atoms with van der Waals surface area (Å²) < 4.78 is 1.99. The summed E-state index contributed by atoms with van der Waals surface area (Å²) in [7, 11) is 0. The molecule has 0 aliphatic carbocycles. The molecule has 88 valence electrons. The first-order chi connectivity index (χ1) is 8.06. The third-order valence-corrected chi connectivity index (χ3v) is 3.50. The number of nitrogens with zero attached hydrogens (tertiary/aromatic N) is 1. The Balaban J connectivity index is 2.31. The van der Waals surface area contributed by atoms with Crippen molar-refractivity contribution in [1.29, 1.82) is 0 Å². The van der Waals surface area contributed by atoms with Gasteiger partial charge in [-0.2, -0.15) is 0 Å². The summed E-state index contributed by atoms with van der Waals surface area (Å²) in [5, 5.41) is 3.24. The number of aryl methyl sites for hydroxylation is 1. The van der Waals surface area contributed by atoms with E-state index in [1.165, 1.54) is 0 Å². The van der Waals surface area contributed by atoms with Gasteiger partial charge >= 0.3 is 0 Å². The average molecular weight is 357 g/mol. The highest BCUT2D eigenvalue weighted by atomic mass is 79.9. The van der Waals surface area contributed by atoms with Crippen LogP contribution in [0.5, 0.6) is 0 Å². The lowest BCUT2D eigenvalue weighted by Crippen LogP contribution is -1.98. The second kappa shape index (κ2) is 5.06. The molecule has 0 atom stereocenters. The van der Waals surface area contributed by atoms with E-state index in [1.807, 2.05) is 37.3 Å². The van der Waals surface area contributed by atoms with Crippen molar-refractivity contribution < 1.29 is 0 Å². The van der Waals surface area contributed by atoms with Gasteiger partial charge in [-0.15, -0.1) is 0 Å². The molecule has 1 aromatic carbocycles. The average Bonchev–Trinajstić information content (AvgIpc) is 2.29. The standard InChI is InChI=1S/C12H11Br2N3/c1-7-10(15)4-5-12(16-7)17-11-6-8(13)2-3-9(11)14/h2-6H,15H2,1H3,(H,16,17). The van der Waals surface area contributed by atoms with Crippen LogP contribution in [-0.4, -0.2) is 4.98 Å². The van der Waals surface area contributed by atoms with Crippen molar-refractivity contribution in [2.75, 3.05) is 11.1 Å². The van der Waals surface area contributed by atoms with E-state index < -0.39 is 0 Å². The topological polar surface area (TPSA) is 50.9 Å². The van der Waals surface area contributed by atoms with Crippen LogP contribution in [0.25, 0.3) is 0 Å². The van der Waals surface area contributed by atoms with Gasteiger partial charge in [0.15, 0.2) is 0 Å². The number of halogens is 2. The van der Waals surface area contributed by atoms with Gasteiger partial charge in [-0.25, -0.2) is 4.98 Å². The monoisotopic (exact) mass is 355 g/mol. The number of aromatic nitrogens is 1. The van der Waals surface area contributed by atoms with Crippen LogP contribution in [0.3, 0.4) is 0 Å². The van der Waals surface area contributed by atoms with Crippen LogP contribution in [-0.2, 0) is 0 Å². The smallest absolute Gasteiger partial charge is 0.130 e. The van der Waals surface area contributed by atoms with Crippen LogP contribution < -0.4 is 11.1 Å². The lowest BCUT2D eigenvalue weighted by molar-refractivity contribution is 1.20. The van der Waals surface area contributed by atoms with Crippen LogP contribution in [0, 0.1) is 6.92 Å². The molecule has 0 saturated carbocycles. The van der Waals surface area contributed by atoms with Gasteiger partial charge < -0.3 is 11.1 Å². The van der Waals surface area contributed by atoms with Crippen molar-refractivity contribution in [3.63, 3.8) is 0 Å². The fraction of sp³-hybridized carbons (Fsp3) is 0.0833. The molecule has 0 amide bonds. The zero-order valence-corrected chi connectivity index (χ0v) is 12.3. The first-order valence-electron chi connectivity index (χ1n) is 5.01. The van der Waals surface area contributed by atoms with Gasteiger partial charge in [0.05, 0.1) is 17.1 Å². The maximum atomic E-state index is 5.73.